The normalized spacial score (nSPS) is 10.4. The number of ketones is 1. The SMILES string of the molecule is O=Cc1cc(C(=O)c2c(F)cc(F)cc2F)c[nH]1. The molecule has 0 amide bonds. The number of hydrogen-bond donors (Lipinski definition) is 1. The molecule has 2 rings (SSSR count). The number of hydrogen-bond acceptors (Lipinski definition) is 2. The number of H-pyrrole nitrogens is 1. The predicted octanol–water partition coefficient (Wildman–Crippen LogP) is 2.48. The average Bonchev–Trinajstić information content (AvgIpc) is 2.75. The monoisotopic (exact) mass is 253 g/mol. The number of nitrogens with one attached hydrogen (secondary N) is 1. The summed E-state index contributed by atoms with van der Waals surface area (Å²) in [7, 11) is 0. The Labute approximate surface area is 99.2 Å². The molecule has 1 aromatic carbocycles. The number of aromatic nitrogens is 1. The van der Waals surface area contributed by atoms with Gasteiger partial charge in [0, 0.05) is 23.9 Å². The lowest BCUT2D eigenvalue weighted by Crippen LogP contribution is -2.07. The summed E-state index contributed by atoms with van der Waals surface area (Å²) in [5, 5.41) is 0. The van der Waals surface area contributed by atoms with Gasteiger partial charge in [-0.1, -0.05) is 0 Å². The summed E-state index contributed by atoms with van der Waals surface area (Å²) in [6, 6.07) is 1.99. The highest BCUT2D eigenvalue weighted by atomic mass is 19.1. The molecule has 0 atom stereocenters. The van der Waals surface area contributed by atoms with E-state index in [1.807, 2.05) is 0 Å². The number of carbonyl (C=O) groups is 2. The van der Waals surface area contributed by atoms with Crippen LogP contribution in [0.3, 0.4) is 0 Å². The molecule has 3 nitrogen and oxygen atoms in total. The molecule has 0 unspecified atom stereocenters. The molecule has 0 bridgehead atoms. The Kier molecular flexibility index (Phi) is 3.01. The van der Waals surface area contributed by atoms with Crippen LogP contribution >= 0.6 is 0 Å². The third-order valence-corrected chi connectivity index (χ3v) is 2.33. The zero-order valence-corrected chi connectivity index (χ0v) is 8.84. The van der Waals surface area contributed by atoms with Crippen molar-refractivity contribution < 1.29 is 22.8 Å². The van der Waals surface area contributed by atoms with Crippen LogP contribution in [-0.2, 0) is 0 Å². The van der Waals surface area contributed by atoms with Crippen molar-refractivity contribution in [1.82, 2.24) is 4.98 Å². The summed E-state index contributed by atoms with van der Waals surface area (Å²) in [5.74, 6) is -4.64. The molecule has 92 valence electrons. The Morgan fingerprint density at radius 2 is 1.72 bits per heavy atom. The van der Waals surface area contributed by atoms with Gasteiger partial charge in [-0.15, -0.1) is 0 Å². The van der Waals surface area contributed by atoms with Gasteiger partial charge in [-0.2, -0.15) is 0 Å². The summed E-state index contributed by atoms with van der Waals surface area (Å²) >= 11 is 0. The standard InChI is InChI=1S/C12H6F3NO2/c13-7-2-9(14)11(10(15)3-7)12(18)6-1-8(5-17)16-4-6/h1-5,16H. The Morgan fingerprint density at radius 1 is 1.11 bits per heavy atom. The smallest absolute Gasteiger partial charge is 0.200 e. The van der Waals surface area contributed by atoms with Crippen LogP contribution in [-0.4, -0.2) is 17.1 Å². The van der Waals surface area contributed by atoms with E-state index in [2.05, 4.69) is 4.98 Å². The number of rotatable bonds is 3. The molecule has 1 heterocycles. The van der Waals surface area contributed by atoms with E-state index in [1.54, 1.807) is 0 Å². The lowest BCUT2D eigenvalue weighted by atomic mass is 10.0. The maximum Gasteiger partial charge on any atom is 0.200 e. The summed E-state index contributed by atoms with van der Waals surface area (Å²) < 4.78 is 39.4. The van der Waals surface area contributed by atoms with Gasteiger partial charge in [-0.05, 0) is 6.07 Å². The molecule has 0 aliphatic rings. The molecule has 1 aromatic heterocycles. The van der Waals surface area contributed by atoms with Crippen molar-refractivity contribution in [2.45, 2.75) is 0 Å². The van der Waals surface area contributed by atoms with Crippen LogP contribution in [0.1, 0.15) is 26.4 Å². The fourth-order valence-electron chi connectivity index (χ4n) is 1.51. The zero-order chi connectivity index (χ0) is 13.3. The Bertz CT molecular complexity index is 611. The summed E-state index contributed by atoms with van der Waals surface area (Å²) in [4.78, 5) is 24.7. The van der Waals surface area contributed by atoms with Crippen molar-refractivity contribution in [3.8, 4) is 0 Å². The lowest BCUT2D eigenvalue weighted by molar-refractivity contribution is 0.103. The second-order valence-electron chi connectivity index (χ2n) is 3.54. The third kappa shape index (κ3) is 2.04. The van der Waals surface area contributed by atoms with Crippen LogP contribution in [0.2, 0.25) is 0 Å². The minimum absolute atomic E-state index is 0.0819. The van der Waals surface area contributed by atoms with Gasteiger partial charge in [0.2, 0.25) is 0 Å². The van der Waals surface area contributed by atoms with Gasteiger partial charge in [0.1, 0.15) is 17.5 Å². The van der Waals surface area contributed by atoms with E-state index < -0.39 is 28.8 Å². The first kappa shape index (κ1) is 12.1. The third-order valence-electron chi connectivity index (χ3n) is 2.33. The van der Waals surface area contributed by atoms with Crippen molar-refractivity contribution in [2.75, 3.05) is 0 Å². The first-order valence-corrected chi connectivity index (χ1v) is 4.85. The summed E-state index contributed by atoms with van der Waals surface area (Å²) in [5.41, 5.74) is -0.837. The average molecular weight is 253 g/mol. The van der Waals surface area contributed by atoms with E-state index in [0.29, 0.717) is 18.4 Å². The molecule has 0 saturated carbocycles. The van der Waals surface area contributed by atoms with Crippen molar-refractivity contribution in [3.63, 3.8) is 0 Å². The Hall–Kier alpha value is -2.37. The molecule has 2 aromatic rings. The molecule has 18 heavy (non-hydrogen) atoms. The van der Waals surface area contributed by atoms with Crippen LogP contribution in [0.25, 0.3) is 0 Å². The molecule has 0 spiro atoms. The van der Waals surface area contributed by atoms with Crippen LogP contribution in [0, 0.1) is 17.5 Å². The molecule has 0 fully saturated rings. The predicted molar refractivity (Wildman–Crippen MR) is 55.9 cm³/mol. The summed E-state index contributed by atoms with van der Waals surface area (Å²) in [6.45, 7) is 0. The topological polar surface area (TPSA) is 49.9 Å². The first-order chi connectivity index (χ1) is 8.52. The molecule has 0 aliphatic carbocycles. The fourth-order valence-corrected chi connectivity index (χ4v) is 1.51. The number of halogens is 3. The molecule has 0 saturated heterocycles. The second kappa shape index (κ2) is 4.48. The van der Waals surface area contributed by atoms with Crippen LogP contribution in [0.4, 0.5) is 13.2 Å². The van der Waals surface area contributed by atoms with E-state index >= 15 is 0 Å². The maximum atomic E-state index is 13.4. The number of carbonyl (C=O) groups excluding carboxylic acids is 2. The molecular weight excluding hydrogens is 247 g/mol. The number of aromatic amines is 1. The van der Waals surface area contributed by atoms with Crippen molar-refractivity contribution in [1.29, 1.82) is 0 Å². The lowest BCUT2D eigenvalue weighted by Gasteiger charge is -2.02. The Morgan fingerprint density at radius 3 is 2.22 bits per heavy atom. The van der Waals surface area contributed by atoms with Gasteiger partial charge < -0.3 is 4.98 Å². The second-order valence-corrected chi connectivity index (χ2v) is 3.54. The van der Waals surface area contributed by atoms with Crippen LogP contribution in [0.15, 0.2) is 24.4 Å². The van der Waals surface area contributed by atoms with Gasteiger partial charge in [0.15, 0.2) is 12.1 Å². The maximum absolute atomic E-state index is 13.4. The summed E-state index contributed by atoms with van der Waals surface area (Å²) in [6.07, 6.45) is 1.60. The molecule has 6 heteroatoms. The number of aldehydes is 1. The largest absolute Gasteiger partial charge is 0.358 e. The highest BCUT2D eigenvalue weighted by Gasteiger charge is 2.21. The van der Waals surface area contributed by atoms with Gasteiger partial charge in [0.25, 0.3) is 0 Å². The minimum atomic E-state index is -1.29. The Balaban J connectivity index is 2.49. The van der Waals surface area contributed by atoms with E-state index in [-0.39, 0.29) is 11.3 Å². The quantitative estimate of drug-likeness (QED) is 0.674. The molecule has 0 radical (unpaired) electrons. The molecule has 1 N–H and O–H groups in total. The van der Waals surface area contributed by atoms with E-state index in [0.717, 1.165) is 12.3 Å². The van der Waals surface area contributed by atoms with E-state index in [9.17, 15) is 22.8 Å². The molecular formula is C12H6F3NO2. The highest BCUT2D eigenvalue weighted by molar-refractivity contribution is 6.09. The van der Waals surface area contributed by atoms with Gasteiger partial charge in [-0.3, -0.25) is 9.59 Å². The van der Waals surface area contributed by atoms with Gasteiger partial charge in [0.05, 0.1) is 11.3 Å². The molecule has 0 aliphatic heterocycles. The zero-order valence-electron chi connectivity index (χ0n) is 8.84. The van der Waals surface area contributed by atoms with Crippen molar-refractivity contribution in [3.05, 3.63) is 58.7 Å². The highest BCUT2D eigenvalue weighted by Crippen LogP contribution is 2.19. The van der Waals surface area contributed by atoms with Crippen LogP contribution in [0.5, 0.6) is 0 Å². The fraction of sp³-hybridized carbons (Fsp3) is 0. The van der Waals surface area contributed by atoms with Crippen molar-refractivity contribution >= 4 is 12.1 Å². The minimum Gasteiger partial charge on any atom is -0.358 e. The van der Waals surface area contributed by atoms with Crippen molar-refractivity contribution in [2.24, 2.45) is 0 Å². The number of benzene rings is 1. The van der Waals surface area contributed by atoms with Gasteiger partial charge in [-0.25, -0.2) is 13.2 Å². The van der Waals surface area contributed by atoms with Gasteiger partial charge >= 0.3 is 0 Å². The van der Waals surface area contributed by atoms with E-state index in [4.69, 9.17) is 0 Å². The van der Waals surface area contributed by atoms with E-state index in [1.165, 1.54) is 0 Å². The van der Waals surface area contributed by atoms with Crippen LogP contribution < -0.4 is 0 Å². The first-order valence-electron chi connectivity index (χ1n) is 4.85.